The summed E-state index contributed by atoms with van der Waals surface area (Å²) in [6.07, 6.45) is 4.15. The first-order valence-corrected chi connectivity index (χ1v) is 15.2. The summed E-state index contributed by atoms with van der Waals surface area (Å²) >= 11 is 12.4. The Kier molecular flexibility index (Phi) is 7.32. The standard InChI is InChI=1S/C31H40Cl2N6/c1-18-17-39(12-11-34-18)30(38-27-14-21-13-24(19(27)2)31(21,3)4)35-23-8-9-26-28(16-23)37-29(36-26)10-6-20-5-7-22(32)15-25(20)33/h5,7-9,15-16,18-19,21,24,27,34H,6,10-14,17H2,1-4H3,(H,35,38)(H,36,37)/t18-,19-,21+,24-,27?/m0/s1. The van der Waals surface area contributed by atoms with Gasteiger partial charge in [0.1, 0.15) is 5.82 Å². The number of piperazine rings is 1. The van der Waals surface area contributed by atoms with Crippen molar-refractivity contribution in [3.05, 3.63) is 57.8 Å². The fraction of sp³-hybridized carbons (Fsp3) is 0.548. The number of hydrogen-bond acceptors (Lipinski definition) is 3. The molecule has 39 heavy (non-hydrogen) atoms. The highest BCUT2D eigenvalue weighted by atomic mass is 35.5. The Morgan fingerprint density at radius 2 is 1.97 bits per heavy atom. The molecule has 4 aliphatic rings. The third kappa shape index (κ3) is 5.40. The van der Waals surface area contributed by atoms with Crippen molar-refractivity contribution in [1.82, 2.24) is 20.2 Å². The molecule has 1 unspecified atom stereocenters. The van der Waals surface area contributed by atoms with Gasteiger partial charge in [0.2, 0.25) is 0 Å². The highest BCUT2D eigenvalue weighted by molar-refractivity contribution is 6.35. The number of halogens is 2. The van der Waals surface area contributed by atoms with Crippen molar-refractivity contribution in [1.29, 1.82) is 0 Å². The molecule has 2 heterocycles. The van der Waals surface area contributed by atoms with Crippen molar-refractivity contribution in [2.24, 2.45) is 28.2 Å². The first-order valence-electron chi connectivity index (χ1n) is 14.4. The topological polar surface area (TPSA) is 68.3 Å². The van der Waals surface area contributed by atoms with Crippen LogP contribution < -0.4 is 10.6 Å². The second-order valence-electron chi connectivity index (χ2n) is 12.6. The van der Waals surface area contributed by atoms with Crippen LogP contribution in [0.15, 0.2) is 41.4 Å². The minimum atomic E-state index is 0.372. The zero-order valence-corrected chi connectivity index (χ0v) is 24.9. The summed E-state index contributed by atoms with van der Waals surface area (Å²) in [4.78, 5) is 16.2. The third-order valence-electron chi connectivity index (χ3n) is 9.70. The van der Waals surface area contributed by atoms with Crippen LogP contribution in [0.5, 0.6) is 0 Å². The summed E-state index contributed by atoms with van der Waals surface area (Å²) in [6.45, 7) is 12.5. The molecular formula is C31H40Cl2N6. The van der Waals surface area contributed by atoms with E-state index in [2.05, 4.69) is 66.4 Å². The van der Waals surface area contributed by atoms with Crippen LogP contribution in [0.3, 0.4) is 0 Å². The fourth-order valence-electron chi connectivity index (χ4n) is 7.13. The van der Waals surface area contributed by atoms with Gasteiger partial charge in [-0.05, 0) is 85.3 Å². The predicted octanol–water partition coefficient (Wildman–Crippen LogP) is 6.79. The van der Waals surface area contributed by atoms with Crippen molar-refractivity contribution in [2.45, 2.75) is 65.5 Å². The van der Waals surface area contributed by atoms with Gasteiger partial charge in [-0.15, -0.1) is 0 Å². The van der Waals surface area contributed by atoms with Crippen LogP contribution >= 0.6 is 23.2 Å². The number of aromatic amines is 1. The van der Waals surface area contributed by atoms with Crippen molar-refractivity contribution in [3.63, 3.8) is 0 Å². The molecule has 0 amide bonds. The second kappa shape index (κ2) is 10.6. The molecule has 0 spiro atoms. The Balaban J connectivity index is 1.21. The largest absolute Gasteiger partial charge is 0.342 e. The molecule has 3 aliphatic carbocycles. The van der Waals surface area contributed by atoms with E-state index in [1.807, 2.05) is 12.1 Å². The third-order valence-corrected chi connectivity index (χ3v) is 10.3. The Hall–Kier alpha value is -2.28. The lowest BCUT2D eigenvalue weighted by atomic mass is 9.45. The van der Waals surface area contributed by atoms with Gasteiger partial charge in [0.15, 0.2) is 5.96 Å². The molecular weight excluding hydrogens is 527 g/mol. The quantitative estimate of drug-likeness (QED) is 0.235. The number of nitrogens with zero attached hydrogens (tertiary/aromatic N) is 3. The van der Waals surface area contributed by atoms with Gasteiger partial charge < -0.3 is 20.5 Å². The molecule has 1 aliphatic heterocycles. The van der Waals surface area contributed by atoms with Gasteiger partial charge in [0, 0.05) is 47.8 Å². The molecule has 7 rings (SSSR count). The number of guanidine groups is 1. The summed E-state index contributed by atoms with van der Waals surface area (Å²) in [5.41, 5.74) is 4.57. The molecule has 208 valence electrons. The molecule has 3 N–H and O–H groups in total. The highest BCUT2D eigenvalue weighted by Crippen LogP contribution is 2.61. The lowest BCUT2D eigenvalue weighted by molar-refractivity contribution is -0.108. The van der Waals surface area contributed by atoms with Crippen molar-refractivity contribution < 1.29 is 0 Å². The molecule has 5 atom stereocenters. The maximum absolute atomic E-state index is 6.38. The van der Waals surface area contributed by atoms with Gasteiger partial charge in [-0.1, -0.05) is 50.0 Å². The predicted molar refractivity (Wildman–Crippen MR) is 163 cm³/mol. The van der Waals surface area contributed by atoms with E-state index in [0.29, 0.717) is 33.5 Å². The number of nitrogens with one attached hydrogen (secondary N) is 3. The normalized spacial score (nSPS) is 28.4. The molecule has 3 saturated carbocycles. The highest BCUT2D eigenvalue weighted by Gasteiger charge is 2.56. The number of anilines is 1. The summed E-state index contributed by atoms with van der Waals surface area (Å²) in [5, 5.41) is 8.66. The summed E-state index contributed by atoms with van der Waals surface area (Å²) in [6, 6.07) is 12.9. The first-order chi connectivity index (χ1) is 18.7. The molecule has 1 aromatic heterocycles. The number of aromatic nitrogens is 2. The lowest BCUT2D eigenvalue weighted by Gasteiger charge is -2.61. The maximum Gasteiger partial charge on any atom is 0.198 e. The molecule has 3 aromatic rings. The van der Waals surface area contributed by atoms with Gasteiger partial charge in [0.05, 0.1) is 17.1 Å². The van der Waals surface area contributed by atoms with E-state index in [1.54, 1.807) is 6.07 Å². The van der Waals surface area contributed by atoms with Crippen LogP contribution in [-0.2, 0) is 12.8 Å². The summed E-state index contributed by atoms with van der Waals surface area (Å²) < 4.78 is 0. The average molecular weight is 568 g/mol. The van der Waals surface area contributed by atoms with Gasteiger partial charge in [-0.3, -0.25) is 0 Å². The van der Waals surface area contributed by atoms with Gasteiger partial charge in [-0.2, -0.15) is 0 Å². The van der Waals surface area contributed by atoms with Crippen molar-refractivity contribution >= 4 is 45.9 Å². The van der Waals surface area contributed by atoms with Crippen molar-refractivity contribution in [2.75, 3.05) is 25.0 Å². The van der Waals surface area contributed by atoms with E-state index >= 15 is 0 Å². The zero-order valence-electron chi connectivity index (χ0n) is 23.4. The summed E-state index contributed by atoms with van der Waals surface area (Å²) in [5.74, 6) is 4.13. The number of H-pyrrole nitrogens is 1. The van der Waals surface area contributed by atoms with Crippen LogP contribution in [0, 0.1) is 23.2 Å². The van der Waals surface area contributed by atoms with Crippen LogP contribution in [0.2, 0.25) is 10.0 Å². The molecule has 2 aromatic carbocycles. The van der Waals surface area contributed by atoms with Gasteiger partial charge >= 0.3 is 0 Å². The average Bonchev–Trinajstić information content (AvgIpc) is 3.30. The monoisotopic (exact) mass is 566 g/mol. The Morgan fingerprint density at radius 1 is 1.13 bits per heavy atom. The smallest absolute Gasteiger partial charge is 0.198 e. The van der Waals surface area contributed by atoms with Crippen LogP contribution in [-0.4, -0.2) is 52.5 Å². The molecule has 2 bridgehead atoms. The number of aliphatic imine (C=N–C) groups is 1. The van der Waals surface area contributed by atoms with Crippen molar-refractivity contribution in [3.8, 4) is 0 Å². The molecule has 0 radical (unpaired) electrons. The Labute approximate surface area is 242 Å². The Bertz CT molecular complexity index is 1380. The van der Waals surface area contributed by atoms with E-state index in [1.165, 1.54) is 12.8 Å². The minimum absolute atomic E-state index is 0.372. The van der Waals surface area contributed by atoms with E-state index in [4.69, 9.17) is 33.2 Å². The minimum Gasteiger partial charge on any atom is -0.342 e. The number of imidazole rings is 1. The fourth-order valence-corrected chi connectivity index (χ4v) is 7.64. The number of hydrogen-bond donors (Lipinski definition) is 3. The number of fused-ring (bicyclic) bond motifs is 3. The van der Waals surface area contributed by atoms with Crippen LogP contribution in [0.4, 0.5) is 5.69 Å². The number of benzene rings is 2. The molecule has 1 saturated heterocycles. The first kappa shape index (κ1) is 26.9. The van der Waals surface area contributed by atoms with E-state index < -0.39 is 0 Å². The van der Waals surface area contributed by atoms with E-state index in [-0.39, 0.29) is 0 Å². The maximum atomic E-state index is 6.38. The summed E-state index contributed by atoms with van der Waals surface area (Å²) in [7, 11) is 0. The molecule has 8 heteroatoms. The van der Waals surface area contributed by atoms with E-state index in [9.17, 15) is 0 Å². The van der Waals surface area contributed by atoms with Gasteiger partial charge in [0.25, 0.3) is 0 Å². The lowest BCUT2D eigenvalue weighted by Crippen LogP contribution is -2.57. The zero-order chi connectivity index (χ0) is 27.3. The Morgan fingerprint density at radius 3 is 2.72 bits per heavy atom. The molecule has 4 fully saturated rings. The second-order valence-corrected chi connectivity index (χ2v) is 13.4. The molecule has 6 nitrogen and oxygen atoms in total. The van der Waals surface area contributed by atoms with E-state index in [0.717, 1.165) is 78.4 Å². The number of rotatable bonds is 5. The van der Waals surface area contributed by atoms with Gasteiger partial charge in [-0.25, -0.2) is 9.98 Å². The SMILES string of the molecule is C[C@@H]1C(N=C(Nc2ccc3nc(CCc4ccc(Cl)cc4Cl)[nH]c3c2)N2CCN[C@@H](C)C2)C[C@H]2C[C@@H]1C2(C)C. The van der Waals surface area contributed by atoms with Crippen LogP contribution in [0.25, 0.3) is 11.0 Å². The van der Waals surface area contributed by atoms with Crippen LogP contribution in [0.1, 0.15) is 51.9 Å². The number of aryl methyl sites for hydroxylation is 2.